The van der Waals surface area contributed by atoms with Crippen molar-refractivity contribution in [1.82, 2.24) is 4.98 Å². The van der Waals surface area contributed by atoms with Gasteiger partial charge in [-0.1, -0.05) is 0 Å². The molecule has 1 heterocycles. The van der Waals surface area contributed by atoms with E-state index in [2.05, 4.69) is 4.98 Å². The molecule has 0 bridgehead atoms. The molecule has 0 saturated heterocycles. The molecule has 1 aromatic heterocycles. The van der Waals surface area contributed by atoms with Gasteiger partial charge in [0.2, 0.25) is 0 Å². The molecule has 3 nitrogen and oxygen atoms in total. The van der Waals surface area contributed by atoms with Crippen LogP contribution in [-0.2, 0) is 4.79 Å². The van der Waals surface area contributed by atoms with Gasteiger partial charge >= 0.3 is 0 Å². The van der Waals surface area contributed by atoms with Crippen LogP contribution >= 0.6 is 0 Å². The molecule has 1 aromatic rings. The highest BCUT2D eigenvalue weighted by Gasteiger charge is 2.12. The summed E-state index contributed by atoms with van der Waals surface area (Å²) in [5, 5.41) is 0. The maximum Gasteiger partial charge on any atom is 0.172 e. The van der Waals surface area contributed by atoms with Gasteiger partial charge in [-0.05, 0) is 31.9 Å². The Hall–Kier alpha value is -1.51. The van der Waals surface area contributed by atoms with E-state index >= 15 is 0 Å². The summed E-state index contributed by atoms with van der Waals surface area (Å²) < 4.78 is 0. The summed E-state index contributed by atoms with van der Waals surface area (Å²) in [5.74, 6) is -0.262. The Morgan fingerprint density at radius 2 is 1.93 bits per heavy atom. The lowest BCUT2D eigenvalue weighted by molar-refractivity contribution is -0.116. The van der Waals surface area contributed by atoms with Crippen LogP contribution in [0.15, 0.2) is 12.4 Å². The van der Waals surface area contributed by atoms with Crippen molar-refractivity contribution in [2.45, 2.75) is 27.2 Å². The van der Waals surface area contributed by atoms with Crippen molar-refractivity contribution in [3.8, 4) is 0 Å². The minimum absolute atomic E-state index is 0.0357. The second-order valence-electron chi connectivity index (χ2n) is 3.43. The fraction of sp³-hybridized carbons (Fsp3) is 0.364. The molecule has 0 spiro atoms. The van der Waals surface area contributed by atoms with Gasteiger partial charge in [0.05, 0.1) is 6.42 Å². The van der Waals surface area contributed by atoms with Crippen molar-refractivity contribution >= 4 is 11.6 Å². The summed E-state index contributed by atoms with van der Waals surface area (Å²) in [6.07, 6.45) is 3.19. The summed E-state index contributed by atoms with van der Waals surface area (Å²) in [5.41, 5.74) is 2.44. The normalized spacial score (nSPS) is 9.93. The van der Waals surface area contributed by atoms with Gasteiger partial charge in [0.25, 0.3) is 0 Å². The number of aryl methyl sites for hydroxylation is 1. The predicted octanol–water partition coefficient (Wildman–Crippen LogP) is 1.86. The summed E-state index contributed by atoms with van der Waals surface area (Å²) in [7, 11) is 0. The van der Waals surface area contributed by atoms with Gasteiger partial charge < -0.3 is 0 Å². The molecule has 0 unspecified atom stereocenters. The minimum atomic E-state index is -0.147. The molecule has 0 fully saturated rings. The van der Waals surface area contributed by atoms with Crippen LogP contribution in [-0.4, -0.2) is 16.6 Å². The first-order chi connectivity index (χ1) is 6.52. The third-order valence-corrected chi connectivity index (χ3v) is 2.18. The van der Waals surface area contributed by atoms with Crippen molar-refractivity contribution in [1.29, 1.82) is 0 Å². The maximum absolute atomic E-state index is 11.6. The van der Waals surface area contributed by atoms with E-state index in [1.165, 1.54) is 13.1 Å². The van der Waals surface area contributed by atoms with Gasteiger partial charge in [0, 0.05) is 18.0 Å². The smallest absolute Gasteiger partial charge is 0.172 e. The largest absolute Gasteiger partial charge is 0.300 e. The van der Waals surface area contributed by atoms with E-state index < -0.39 is 0 Å². The number of rotatable bonds is 3. The zero-order valence-electron chi connectivity index (χ0n) is 8.63. The number of hydrogen-bond donors (Lipinski definition) is 0. The van der Waals surface area contributed by atoms with E-state index in [9.17, 15) is 9.59 Å². The molecule has 0 saturated carbocycles. The molecular formula is C11H13NO2. The Labute approximate surface area is 83.2 Å². The first kappa shape index (κ1) is 10.6. The minimum Gasteiger partial charge on any atom is -0.300 e. The first-order valence-electron chi connectivity index (χ1n) is 4.46. The van der Waals surface area contributed by atoms with Crippen molar-refractivity contribution in [2.24, 2.45) is 0 Å². The Kier molecular flexibility index (Phi) is 3.12. The average Bonchev–Trinajstić information content (AvgIpc) is 2.08. The number of hydrogen-bond acceptors (Lipinski definition) is 3. The topological polar surface area (TPSA) is 47.0 Å². The molecule has 0 radical (unpaired) electrons. The molecule has 0 N–H and O–H groups in total. The molecule has 0 amide bonds. The van der Waals surface area contributed by atoms with Crippen molar-refractivity contribution in [3.05, 3.63) is 29.1 Å². The Bertz CT molecular complexity index is 383. The highest BCUT2D eigenvalue weighted by atomic mass is 16.1. The molecular weight excluding hydrogens is 178 g/mol. The summed E-state index contributed by atoms with van der Waals surface area (Å²) >= 11 is 0. The number of nitrogens with zero attached hydrogens (tertiary/aromatic N) is 1. The Morgan fingerprint density at radius 3 is 2.50 bits per heavy atom. The Balaban J connectivity index is 3.01. The number of carbonyl (C=O) groups excluding carboxylic acids is 2. The van der Waals surface area contributed by atoms with Crippen molar-refractivity contribution in [2.75, 3.05) is 0 Å². The second-order valence-corrected chi connectivity index (χ2v) is 3.43. The summed E-state index contributed by atoms with van der Waals surface area (Å²) in [4.78, 5) is 26.3. The van der Waals surface area contributed by atoms with Gasteiger partial charge in [-0.2, -0.15) is 0 Å². The van der Waals surface area contributed by atoms with Gasteiger partial charge in [-0.3, -0.25) is 14.6 Å². The van der Waals surface area contributed by atoms with Gasteiger partial charge in [0.1, 0.15) is 5.78 Å². The fourth-order valence-electron chi connectivity index (χ4n) is 1.23. The van der Waals surface area contributed by atoms with E-state index in [-0.39, 0.29) is 18.0 Å². The van der Waals surface area contributed by atoms with Crippen molar-refractivity contribution in [3.63, 3.8) is 0 Å². The molecule has 1 rings (SSSR count). The van der Waals surface area contributed by atoms with Crippen LogP contribution in [0, 0.1) is 13.8 Å². The van der Waals surface area contributed by atoms with Crippen LogP contribution in [0.4, 0.5) is 0 Å². The monoisotopic (exact) mass is 191 g/mol. The number of aromatic nitrogens is 1. The van der Waals surface area contributed by atoms with E-state index in [4.69, 9.17) is 0 Å². The predicted molar refractivity (Wildman–Crippen MR) is 53.3 cm³/mol. The molecule has 14 heavy (non-hydrogen) atoms. The average molecular weight is 191 g/mol. The molecule has 0 aliphatic carbocycles. The van der Waals surface area contributed by atoms with Gasteiger partial charge in [0.15, 0.2) is 5.78 Å². The third-order valence-electron chi connectivity index (χ3n) is 2.18. The standard InChI is InChI=1S/C11H13NO2/c1-7-5-12-6-10(9(7)3)11(14)4-8(2)13/h5-6H,4H2,1-3H3. The molecule has 0 aliphatic rings. The van der Waals surface area contributed by atoms with E-state index in [0.29, 0.717) is 5.56 Å². The molecule has 0 aromatic carbocycles. The van der Waals surface area contributed by atoms with Gasteiger partial charge in [-0.15, -0.1) is 0 Å². The van der Waals surface area contributed by atoms with E-state index in [0.717, 1.165) is 11.1 Å². The van der Waals surface area contributed by atoms with Crippen LogP contribution in [0.1, 0.15) is 34.8 Å². The second kappa shape index (κ2) is 4.13. The fourth-order valence-corrected chi connectivity index (χ4v) is 1.23. The number of ketones is 2. The molecule has 3 heteroatoms. The Morgan fingerprint density at radius 1 is 1.29 bits per heavy atom. The highest BCUT2D eigenvalue weighted by Crippen LogP contribution is 2.12. The number of pyridine rings is 1. The first-order valence-corrected chi connectivity index (χ1v) is 4.46. The number of carbonyl (C=O) groups is 2. The highest BCUT2D eigenvalue weighted by molar-refractivity contribution is 6.08. The quantitative estimate of drug-likeness (QED) is 0.541. The van der Waals surface area contributed by atoms with E-state index in [1.54, 1.807) is 6.20 Å². The molecule has 0 aliphatic heterocycles. The van der Waals surface area contributed by atoms with Crippen molar-refractivity contribution < 1.29 is 9.59 Å². The van der Waals surface area contributed by atoms with Crippen LogP contribution in [0.3, 0.4) is 0 Å². The van der Waals surface area contributed by atoms with Crippen LogP contribution in [0.2, 0.25) is 0 Å². The summed E-state index contributed by atoms with van der Waals surface area (Å²) in [6.45, 7) is 5.17. The maximum atomic E-state index is 11.6. The lowest BCUT2D eigenvalue weighted by atomic mass is 10.0. The van der Waals surface area contributed by atoms with Crippen LogP contribution in [0.25, 0.3) is 0 Å². The lowest BCUT2D eigenvalue weighted by Gasteiger charge is -2.05. The number of Topliss-reactive ketones (excluding diaryl/α,β-unsaturated/α-hetero) is 2. The SMILES string of the molecule is CC(=O)CC(=O)c1cncc(C)c1C. The summed E-state index contributed by atoms with van der Waals surface area (Å²) in [6, 6.07) is 0. The zero-order valence-corrected chi connectivity index (χ0v) is 8.63. The van der Waals surface area contributed by atoms with Gasteiger partial charge in [-0.25, -0.2) is 0 Å². The lowest BCUT2D eigenvalue weighted by Crippen LogP contribution is -2.08. The molecule has 74 valence electrons. The van der Waals surface area contributed by atoms with Crippen LogP contribution in [0.5, 0.6) is 0 Å². The zero-order chi connectivity index (χ0) is 10.7. The van der Waals surface area contributed by atoms with E-state index in [1.807, 2.05) is 13.8 Å². The third kappa shape index (κ3) is 2.25. The van der Waals surface area contributed by atoms with Crippen LogP contribution < -0.4 is 0 Å². The molecule has 0 atom stereocenters.